The average Bonchev–Trinajstić information content (AvgIpc) is 3.14. The highest BCUT2D eigenvalue weighted by Crippen LogP contribution is 2.31. The number of thiophene rings is 1. The zero-order chi connectivity index (χ0) is 24.1. The molecule has 0 unspecified atom stereocenters. The van der Waals surface area contributed by atoms with Crippen LogP contribution in [0.2, 0.25) is 0 Å². The summed E-state index contributed by atoms with van der Waals surface area (Å²) in [6, 6.07) is 5.05. The van der Waals surface area contributed by atoms with Gasteiger partial charge < -0.3 is 24.5 Å². The van der Waals surface area contributed by atoms with Crippen LogP contribution in [0.15, 0.2) is 23.0 Å². The minimum absolute atomic E-state index is 0.140. The molecule has 0 aliphatic heterocycles. The Hall–Kier alpha value is -3.37. The lowest BCUT2D eigenvalue weighted by atomic mass is 10.2. The highest BCUT2D eigenvalue weighted by atomic mass is 35.5. The van der Waals surface area contributed by atoms with E-state index in [1.807, 2.05) is 6.92 Å². The average molecular weight is 492 g/mol. The van der Waals surface area contributed by atoms with Gasteiger partial charge in [-0.05, 0) is 43.2 Å². The van der Waals surface area contributed by atoms with E-state index in [4.69, 9.17) is 25.8 Å². The second kappa shape index (κ2) is 10.5. The summed E-state index contributed by atoms with van der Waals surface area (Å²) < 4.78 is 15.6. The molecule has 11 heteroatoms. The first-order chi connectivity index (χ1) is 15.8. The highest BCUT2D eigenvalue weighted by molar-refractivity contribution is 7.20. The van der Waals surface area contributed by atoms with E-state index in [1.165, 1.54) is 14.2 Å². The molecule has 0 fully saturated rings. The largest absolute Gasteiger partial charge is 0.493 e. The summed E-state index contributed by atoms with van der Waals surface area (Å²) in [6.45, 7) is 3.86. The number of carbonyl (C=O) groups is 2. The van der Waals surface area contributed by atoms with Crippen LogP contribution in [0, 0.1) is 6.92 Å². The molecule has 0 saturated heterocycles. The van der Waals surface area contributed by atoms with E-state index < -0.39 is 11.5 Å². The Morgan fingerprint density at radius 2 is 2.03 bits per heavy atom. The molecular weight excluding hydrogens is 470 g/mol. The van der Waals surface area contributed by atoms with Crippen LogP contribution in [-0.4, -0.2) is 49.2 Å². The number of fused-ring (bicyclic) bond motifs is 1. The van der Waals surface area contributed by atoms with Crippen molar-refractivity contribution in [2.75, 3.05) is 27.4 Å². The van der Waals surface area contributed by atoms with Gasteiger partial charge in [0.05, 0.1) is 24.6 Å². The van der Waals surface area contributed by atoms with Gasteiger partial charge in [0.1, 0.15) is 9.71 Å². The van der Waals surface area contributed by atoms with Crippen molar-refractivity contribution in [1.29, 1.82) is 0 Å². The Morgan fingerprint density at radius 3 is 2.70 bits per heavy atom. The van der Waals surface area contributed by atoms with Gasteiger partial charge in [-0.3, -0.25) is 9.59 Å². The van der Waals surface area contributed by atoms with Crippen molar-refractivity contribution in [3.8, 4) is 11.5 Å². The molecule has 33 heavy (non-hydrogen) atoms. The maximum absolute atomic E-state index is 12.6. The quantitative estimate of drug-likeness (QED) is 0.464. The number of nitrogens with zero attached hydrogens (tertiary/aromatic N) is 1. The van der Waals surface area contributed by atoms with E-state index in [2.05, 4.69) is 15.3 Å². The lowest BCUT2D eigenvalue weighted by Gasteiger charge is -2.11. The molecule has 0 atom stereocenters. The molecule has 1 aromatic carbocycles. The fourth-order valence-electron chi connectivity index (χ4n) is 3.04. The summed E-state index contributed by atoms with van der Waals surface area (Å²) in [5.41, 5.74) is 0.759. The lowest BCUT2D eigenvalue weighted by Crippen LogP contribution is -2.28. The van der Waals surface area contributed by atoms with Gasteiger partial charge in [0.2, 0.25) is 0 Å². The standard InChI is InChI=1S/C22H22ClN3O6S/c1-5-24-16(27)10-32-14-7-6-12(9-15(14)30-3)8-13(23)19-25-20(28)17-11(2)18(22(29)31-4)33-21(17)26-19/h6-9H,5,10H2,1-4H3,(H,24,27)(H,25,26,28)/b13-8-. The number of aryl methyl sites for hydroxylation is 1. The van der Waals surface area contributed by atoms with Crippen LogP contribution in [0.1, 0.15) is 33.5 Å². The van der Waals surface area contributed by atoms with Crippen molar-refractivity contribution < 1.29 is 23.8 Å². The van der Waals surface area contributed by atoms with Crippen molar-refractivity contribution in [3.05, 3.63) is 50.4 Å². The first kappa shape index (κ1) is 24.3. The number of hydrogen-bond donors (Lipinski definition) is 2. The van der Waals surface area contributed by atoms with Crippen LogP contribution >= 0.6 is 22.9 Å². The highest BCUT2D eigenvalue weighted by Gasteiger charge is 2.20. The summed E-state index contributed by atoms with van der Waals surface area (Å²) in [7, 11) is 2.76. The van der Waals surface area contributed by atoms with Crippen molar-refractivity contribution in [1.82, 2.24) is 15.3 Å². The summed E-state index contributed by atoms with van der Waals surface area (Å²) in [5, 5.41) is 3.15. The number of aromatic amines is 1. The number of hydrogen-bond acceptors (Lipinski definition) is 8. The topological polar surface area (TPSA) is 120 Å². The van der Waals surface area contributed by atoms with Gasteiger partial charge in [-0.1, -0.05) is 17.7 Å². The van der Waals surface area contributed by atoms with E-state index in [0.29, 0.717) is 44.3 Å². The molecule has 9 nitrogen and oxygen atoms in total. The second-order valence-electron chi connectivity index (χ2n) is 6.79. The van der Waals surface area contributed by atoms with Crippen LogP contribution in [0.25, 0.3) is 21.3 Å². The normalized spacial score (nSPS) is 11.4. The molecule has 0 saturated carbocycles. The van der Waals surface area contributed by atoms with E-state index in [0.717, 1.165) is 11.3 Å². The number of H-pyrrole nitrogens is 1. The number of aromatic nitrogens is 2. The van der Waals surface area contributed by atoms with Crippen molar-refractivity contribution in [3.63, 3.8) is 0 Å². The number of likely N-dealkylation sites (N-methyl/N-ethyl adjacent to an activating group) is 1. The first-order valence-corrected chi connectivity index (χ1v) is 11.0. The molecule has 2 heterocycles. The van der Waals surface area contributed by atoms with Crippen LogP contribution < -0.4 is 20.3 Å². The first-order valence-electron chi connectivity index (χ1n) is 9.85. The molecule has 0 bridgehead atoms. The van der Waals surface area contributed by atoms with Gasteiger partial charge in [-0.2, -0.15) is 0 Å². The third-order valence-electron chi connectivity index (χ3n) is 4.61. The number of carbonyl (C=O) groups excluding carboxylic acids is 2. The minimum atomic E-state index is -0.528. The molecule has 2 N–H and O–H groups in total. The van der Waals surface area contributed by atoms with Crippen molar-refractivity contribution in [2.45, 2.75) is 13.8 Å². The maximum atomic E-state index is 12.6. The fraction of sp³-hybridized carbons (Fsp3) is 0.273. The zero-order valence-electron chi connectivity index (χ0n) is 18.4. The summed E-state index contributed by atoms with van der Waals surface area (Å²) in [5.74, 6) is 0.193. The molecule has 0 aliphatic carbocycles. The second-order valence-corrected chi connectivity index (χ2v) is 8.19. The smallest absolute Gasteiger partial charge is 0.348 e. The van der Waals surface area contributed by atoms with Gasteiger partial charge in [-0.25, -0.2) is 9.78 Å². The molecular formula is C22H22ClN3O6S. The SMILES string of the molecule is CCNC(=O)COc1ccc(/C=C(\Cl)c2nc3sc(C(=O)OC)c(C)c3c(=O)[nH]2)cc1OC. The van der Waals surface area contributed by atoms with Crippen LogP contribution in [-0.2, 0) is 9.53 Å². The maximum Gasteiger partial charge on any atom is 0.348 e. The number of rotatable bonds is 8. The Kier molecular flexibility index (Phi) is 7.72. The van der Waals surface area contributed by atoms with Gasteiger partial charge in [0.25, 0.3) is 11.5 Å². The number of methoxy groups -OCH3 is 2. The molecule has 0 aliphatic rings. The van der Waals surface area contributed by atoms with E-state index >= 15 is 0 Å². The van der Waals surface area contributed by atoms with Gasteiger partial charge in [0, 0.05) is 6.54 Å². The van der Waals surface area contributed by atoms with Gasteiger partial charge in [0.15, 0.2) is 23.9 Å². The molecule has 2 aromatic heterocycles. The molecule has 0 radical (unpaired) electrons. The van der Waals surface area contributed by atoms with E-state index in [9.17, 15) is 14.4 Å². The molecule has 1 amide bonds. The van der Waals surface area contributed by atoms with Crippen LogP contribution in [0.5, 0.6) is 11.5 Å². The molecule has 3 rings (SSSR count). The Labute approximate surface area is 198 Å². The number of amides is 1. The Morgan fingerprint density at radius 1 is 1.27 bits per heavy atom. The number of halogens is 1. The monoisotopic (exact) mass is 491 g/mol. The fourth-order valence-corrected chi connectivity index (χ4v) is 4.36. The predicted octanol–water partition coefficient (Wildman–Crippen LogP) is 3.34. The molecule has 0 spiro atoms. The van der Waals surface area contributed by atoms with E-state index in [1.54, 1.807) is 31.2 Å². The summed E-state index contributed by atoms with van der Waals surface area (Å²) in [6.07, 6.45) is 1.60. The van der Waals surface area contributed by atoms with Gasteiger partial charge in [-0.15, -0.1) is 11.3 Å². The third-order valence-corrected chi connectivity index (χ3v) is 6.07. The predicted molar refractivity (Wildman–Crippen MR) is 127 cm³/mol. The number of benzene rings is 1. The number of esters is 1. The summed E-state index contributed by atoms with van der Waals surface area (Å²) in [4.78, 5) is 43.9. The molecule has 174 valence electrons. The number of ether oxygens (including phenoxy) is 3. The van der Waals surface area contributed by atoms with Gasteiger partial charge >= 0.3 is 5.97 Å². The summed E-state index contributed by atoms with van der Waals surface area (Å²) >= 11 is 7.51. The molecule has 3 aromatic rings. The zero-order valence-corrected chi connectivity index (χ0v) is 20.0. The minimum Gasteiger partial charge on any atom is -0.493 e. The van der Waals surface area contributed by atoms with Crippen LogP contribution in [0.4, 0.5) is 0 Å². The third kappa shape index (κ3) is 5.35. The Balaban J connectivity index is 1.91. The van der Waals surface area contributed by atoms with Crippen molar-refractivity contribution >= 4 is 56.1 Å². The van der Waals surface area contributed by atoms with Crippen molar-refractivity contribution in [2.24, 2.45) is 0 Å². The number of nitrogens with one attached hydrogen (secondary N) is 2. The lowest BCUT2D eigenvalue weighted by molar-refractivity contribution is -0.123. The van der Waals surface area contributed by atoms with E-state index in [-0.39, 0.29) is 23.4 Å². The van der Waals surface area contributed by atoms with Crippen LogP contribution in [0.3, 0.4) is 0 Å². The Bertz CT molecular complexity index is 1300.